The summed E-state index contributed by atoms with van der Waals surface area (Å²) in [5.41, 5.74) is 3.19. The first kappa shape index (κ1) is 64.8. The van der Waals surface area contributed by atoms with E-state index < -0.39 is 61.8 Å². The van der Waals surface area contributed by atoms with Gasteiger partial charge in [0.1, 0.15) is 40.8 Å². The van der Waals surface area contributed by atoms with Gasteiger partial charge in [-0.2, -0.15) is 0 Å². The largest absolute Gasteiger partial charge is 0.497 e. The molecule has 2 aromatic heterocycles. The van der Waals surface area contributed by atoms with Gasteiger partial charge in [-0.3, -0.25) is 29.1 Å². The van der Waals surface area contributed by atoms with E-state index in [-0.39, 0.29) is 54.7 Å². The quantitative estimate of drug-likeness (QED) is 0.0226. The Labute approximate surface area is 515 Å². The van der Waals surface area contributed by atoms with Gasteiger partial charge in [-0.25, -0.2) is 0 Å². The number of aromatic nitrogens is 2. The van der Waals surface area contributed by atoms with E-state index in [9.17, 15) is 24.3 Å². The highest BCUT2D eigenvalue weighted by atomic mass is 28.4. The molecule has 0 saturated heterocycles. The number of carboxylic acids is 1. The Morgan fingerprint density at radius 3 is 1.14 bits per heavy atom. The Balaban J connectivity index is 1.09. The van der Waals surface area contributed by atoms with Crippen LogP contribution in [0.5, 0.6) is 23.0 Å². The lowest BCUT2D eigenvalue weighted by molar-refractivity contribution is -0.148. The molecule has 8 rings (SSSR count). The Hall–Kier alpha value is -9.20. The van der Waals surface area contributed by atoms with E-state index in [2.05, 4.69) is 54.5 Å². The van der Waals surface area contributed by atoms with Crippen LogP contribution < -0.4 is 29.6 Å². The molecule has 18 heteroatoms. The van der Waals surface area contributed by atoms with Crippen molar-refractivity contribution in [1.29, 1.82) is 0 Å². The van der Waals surface area contributed by atoms with Gasteiger partial charge in [0, 0.05) is 23.5 Å². The van der Waals surface area contributed by atoms with E-state index in [4.69, 9.17) is 37.6 Å². The zero-order valence-electron chi connectivity index (χ0n) is 51.1. The van der Waals surface area contributed by atoms with Crippen molar-refractivity contribution in [3.63, 3.8) is 0 Å². The molecule has 0 saturated carbocycles. The van der Waals surface area contributed by atoms with Crippen LogP contribution in [0.2, 0.25) is 18.1 Å². The van der Waals surface area contributed by atoms with Gasteiger partial charge in [-0.05, 0) is 124 Å². The summed E-state index contributed by atoms with van der Waals surface area (Å²) in [6.07, 6.45) is 2.13. The molecule has 0 fully saturated rings. The smallest absolute Gasteiger partial charge is 0.306 e. The molecule has 8 aromatic rings. The third-order valence-electron chi connectivity index (χ3n) is 15.8. The number of ether oxygens (including phenoxy) is 7. The molecule has 0 bridgehead atoms. The van der Waals surface area contributed by atoms with Crippen molar-refractivity contribution < 1.29 is 61.9 Å². The van der Waals surface area contributed by atoms with Gasteiger partial charge >= 0.3 is 11.9 Å². The van der Waals surface area contributed by atoms with Crippen LogP contribution in [0.15, 0.2) is 194 Å². The van der Waals surface area contributed by atoms with E-state index >= 15 is 0 Å². The van der Waals surface area contributed by atoms with E-state index in [0.717, 1.165) is 33.4 Å². The van der Waals surface area contributed by atoms with Crippen LogP contribution in [0, 0.1) is 0 Å². The van der Waals surface area contributed by atoms with Crippen LogP contribution >= 0.6 is 0 Å². The molecule has 0 aliphatic carbocycles. The van der Waals surface area contributed by atoms with E-state index in [0.29, 0.717) is 28.7 Å². The number of benzene rings is 6. The monoisotopic (exact) mass is 1210 g/mol. The molecule has 6 aromatic carbocycles. The summed E-state index contributed by atoms with van der Waals surface area (Å²) in [5, 5.41) is 15.4. The molecular formula is C70H76N4O13Si. The summed E-state index contributed by atoms with van der Waals surface area (Å²) in [6, 6.07) is 54.4. The molecule has 2 amide bonds. The van der Waals surface area contributed by atoms with Gasteiger partial charge in [0.05, 0.1) is 84.6 Å². The first-order chi connectivity index (χ1) is 42.3. The Kier molecular flexibility index (Phi) is 21.7. The van der Waals surface area contributed by atoms with Crippen molar-refractivity contribution in [2.24, 2.45) is 0 Å². The fraction of sp³-hybridized carbons (Fsp3) is 0.286. The number of carbonyl (C=O) groups is 4. The van der Waals surface area contributed by atoms with Crippen LogP contribution in [0.25, 0.3) is 11.4 Å². The van der Waals surface area contributed by atoms with E-state index in [1.54, 1.807) is 46.6 Å². The van der Waals surface area contributed by atoms with Gasteiger partial charge in [0.15, 0.2) is 8.32 Å². The van der Waals surface area contributed by atoms with E-state index in [1.165, 1.54) is 18.5 Å². The summed E-state index contributed by atoms with van der Waals surface area (Å²) in [5.74, 6) is -0.343. The summed E-state index contributed by atoms with van der Waals surface area (Å²) < 4.78 is 49.1. The number of rotatable bonds is 29. The fourth-order valence-electron chi connectivity index (χ4n) is 9.82. The third-order valence-corrected chi connectivity index (χ3v) is 20.3. The Bertz CT molecular complexity index is 3490. The number of esters is 1. The highest BCUT2D eigenvalue weighted by molar-refractivity contribution is 6.74. The molecule has 0 aliphatic heterocycles. The van der Waals surface area contributed by atoms with Gasteiger partial charge in [-0.1, -0.05) is 130 Å². The van der Waals surface area contributed by atoms with Crippen LogP contribution in [0.4, 0.5) is 0 Å². The highest BCUT2D eigenvalue weighted by Gasteiger charge is 2.42. The topological polar surface area (TPSA) is 212 Å². The number of hydrogen-bond donors (Lipinski definition) is 3. The Morgan fingerprint density at radius 1 is 0.466 bits per heavy atom. The summed E-state index contributed by atoms with van der Waals surface area (Å²) >= 11 is 0. The second-order valence-electron chi connectivity index (χ2n) is 22.5. The molecule has 3 N–H and O–H groups in total. The van der Waals surface area contributed by atoms with Crippen LogP contribution in [0.3, 0.4) is 0 Å². The SMILES string of the molecule is COc1ccc(C(OCC(COC(=O)CCC(=O)O)NC(=O)c2ccnc(-c3cc(C(=O)NC(COC(c4ccccc4)(c4ccc(OC)cc4)c4ccc(OC)cc4)CO[Si](C)(C)C(C)(C)C)ccn3)c2)(c2ccccc2)c2ccc(OC)cc2)cc1. The second-order valence-corrected chi connectivity index (χ2v) is 27.3. The van der Waals surface area contributed by atoms with Crippen LogP contribution in [-0.4, -0.2) is 114 Å². The second kappa shape index (κ2) is 29.5. The molecule has 17 nitrogen and oxygen atoms in total. The molecule has 2 unspecified atom stereocenters. The first-order valence-corrected chi connectivity index (χ1v) is 31.8. The highest BCUT2D eigenvalue weighted by Crippen LogP contribution is 2.44. The van der Waals surface area contributed by atoms with Crippen molar-refractivity contribution in [3.8, 4) is 34.4 Å². The number of aliphatic carboxylic acids is 1. The van der Waals surface area contributed by atoms with E-state index in [1.807, 2.05) is 158 Å². The van der Waals surface area contributed by atoms with Gasteiger partial charge in [0.2, 0.25) is 0 Å². The number of nitrogens with zero attached hydrogens (tertiary/aromatic N) is 2. The predicted molar refractivity (Wildman–Crippen MR) is 337 cm³/mol. The van der Waals surface area contributed by atoms with Crippen molar-refractivity contribution in [2.45, 2.75) is 75.0 Å². The molecule has 0 radical (unpaired) electrons. The zero-order valence-corrected chi connectivity index (χ0v) is 52.1. The molecule has 0 aliphatic rings. The number of methoxy groups -OCH3 is 4. The van der Waals surface area contributed by atoms with Gasteiger partial charge in [0.25, 0.3) is 11.8 Å². The lowest BCUT2D eigenvalue weighted by Crippen LogP contribution is -2.49. The zero-order chi connectivity index (χ0) is 62.9. The number of pyridine rings is 2. The summed E-state index contributed by atoms with van der Waals surface area (Å²) in [7, 11) is 4.01. The molecule has 0 spiro atoms. The molecular weight excluding hydrogens is 1130 g/mol. The van der Waals surface area contributed by atoms with Crippen molar-refractivity contribution in [1.82, 2.24) is 20.6 Å². The minimum atomic E-state index is -2.39. The maximum Gasteiger partial charge on any atom is 0.306 e. The molecule has 2 heterocycles. The predicted octanol–water partition coefficient (Wildman–Crippen LogP) is 11.8. The van der Waals surface area contributed by atoms with Crippen molar-refractivity contribution in [3.05, 3.63) is 239 Å². The molecule has 458 valence electrons. The normalized spacial score (nSPS) is 12.5. The number of carboxylic acid groups (broad SMARTS) is 1. The van der Waals surface area contributed by atoms with Crippen molar-refractivity contribution in [2.75, 3.05) is 54.9 Å². The first-order valence-electron chi connectivity index (χ1n) is 28.8. The maximum absolute atomic E-state index is 14.7. The van der Waals surface area contributed by atoms with Crippen LogP contribution in [0.1, 0.15) is 87.7 Å². The molecule has 2 atom stereocenters. The van der Waals surface area contributed by atoms with Gasteiger partial charge in [-0.15, -0.1) is 0 Å². The fourth-order valence-corrected chi connectivity index (χ4v) is 10.9. The maximum atomic E-state index is 14.7. The molecule has 88 heavy (non-hydrogen) atoms. The summed E-state index contributed by atoms with van der Waals surface area (Å²) in [4.78, 5) is 62.9. The van der Waals surface area contributed by atoms with Crippen molar-refractivity contribution >= 4 is 32.1 Å². The number of amides is 2. The van der Waals surface area contributed by atoms with Crippen LogP contribution in [-0.2, 0) is 39.4 Å². The minimum absolute atomic E-state index is 0.00768. The average molecular weight is 1210 g/mol. The summed E-state index contributed by atoms with van der Waals surface area (Å²) in [6.45, 7) is 10.3. The lowest BCUT2D eigenvalue weighted by Gasteiger charge is -2.39. The minimum Gasteiger partial charge on any atom is -0.497 e. The number of carbonyl (C=O) groups excluding carboxylic acids is 3. The number of nitrogens with one attached hydrogen (secondary N) is 2. The Morgan fingerprint density at radius 2 is 0.807 bits per heavy atom. The number of hydrogen-bond acceptors (Lipinski definition) is 14. The average Bonchev–Trinajstić information content (AvgIpc) is 1.04. The van der Waals surface area contributed by atoms with Gasteiger partial charge < -0.3 is 53.3 Å². The lowest BCUT2D eigenvalue weighted by atomic mass is 9.80. The standard InChI is InChI=1S/C70H76N4O13Si/c1-68(2,3)88(8,9)87-47-57(46-86-70(51-18-14-11-15-19-51,54-24-32-60(82-6)33-25-54)55-26-34-61(83-7)35-27-55)74-67(79)49-39-41-72-63(43-49)62-42-48(38-40-71-62)66(78)73-56(44-84-65(77)37-36-64(75)76)45-85-69(50-16-12-10-13-17-50,52-20-28-58(80-4)29-21-52)53-22-30-59(81-5)31-23-53/h10-35,38-43,56-57H,36-37,44-47H2,1-9H3,(H,73,78)(H,74,79)(H,75,76). The third kappa shape index (κ3) is 15.7.